The molecule has 5 N–H and O–H groups in total. The molecule has 0 amide bonds. The van der Waals surface area contributed by atoms with E-state index in [0.29, 0.717) is 17.0 Å². The van der Waals surface area contributed by atoms with Crippen LogP contribution in [0.4, 0.5) is 5.82 Å². The summed E-state index contributed by atoms with van der Waals surface area (Å²) in [4.78, 5) is 43.8. The van der Waals surface area contributed by atoms with Crippen molar-refractivity contribution in [1.82, 2.24) is 19.5 Å². The summed E-state index contributed by atoms with van der Waals surface area (Å²) in [5.41, 5.74) is -1.05. The highest BCUT2D eigenvalue weighted by atomic mass is 35.5. The van der Waals surface area contributed by atoms with Crippen LogP contribution in [0.15, 0.2) is 6.33 Å². The lowest BCUT2D eigenvalue weighted by atomic mass is 9.95. The number of rotatable bonds is 30. The van der Waals surface area contributed by atoms with E-state index in [2.05, 4.69) is 33.7 Å². The zero-order valence-electron chi connectivity index (χ0n) is 32.0. The second-order valence-electron chi connectivity index (χ2n) is 14.8. The van der Waals surface area contributed by atoms with E-state index in [-0.39, 0.29) is 18.3 Å². The molecular formula is C36H66ClN5O9P2. The molecule has 3 heterocycles. The Balaban J connectivity index is 1.66. The molecule has 306 valence electrons. The van der Waals surface area contributed by atoms with E-state index in [1.165, 1.54) is 114 Å². The van der Waals surface area contributed by atoms with Crippen molar-refractivity contribution in [3.05, 3.63) is 11.6 Å². The molecule has 2 aromatic heterocycles. The van der Waals surface area contributed by atoms with Gasteiger partial charge in [-0.2, -0.15) is 9.97 Å². The predicted octanol–water partition coefficient (Wildman–Crippen LogP) is 8.48. The maximum atomic E-state index is 12.1. The van der Waals surface area contributed by atoms with Crippen molar-refractivity contribution in [2.45, 2.75) is 167 Å². The molecule has 0 bridgehead atoms. The lowest BCUT2D eigenvalue weighted by Crippen LogP contribution is -2.43. The highest BCUT2D eigenvalue weighted by Crippen LogP contribution is 2.55. The highest BCUT2D eigenvalue weighted by molar-refractivity contribution is 7.70. The first-order valence-corrected chi connectivity index (χ1v) is 23.9. The zero-order valence-corrected chi connectivity index (χ0v) is 34.5. The van der Waals surface area contributed by atoms with E-state index in [0.717, 1.165) is 38.8 Å². The Hall–Kier alpha value is -1.18. The van der Waals surface area contributed by atoms with Gasteiger partial charge >= 0.3 is 15.2 Å². The number of aliphatic hydroxyl groups is 2. The molecule has 1 aliphatic heterocycles. The van der Waals surface area contributed by atoms with Gasteiger partial charge in [0.05, 0.1) is 19.5 Å². The van der Waals surface area contributed by atoms with Crippen LogP contribution in [0, 0.1) is 0 Å². The van der Waals surface area contributed by atoms with Gasteiger partial charge in [-0.25, -0.2) is 4.98 Å². The first-order chi connectivity index (χ1) is 25.3. The smallest absolute Gasteiger partial charge is 0.340 e. The SMILES string of the molecule is CCCCCCCCCCCCN(CCCCCCCCCCCC)c1nc(Cl)nc2c1ncn2[C@@H]1OCC(O)(CCOP(=O)(O)CP(=O)(O)O)C1O. The number of hydrogen-bond donors (Lipinski definition) is 5. The van der Waals surface area contributed by atoms with Crippen LogP contribution in [0.5, 0.6) is 0 Å². The third kappa shape index (κ3) is 16.4. The molecule has 14 nitrogen and oxygen atoms in total. The van der Waals surface area contributed by atoms with E-state index in [1.54, 1.807) is 0 Å². The van der Waals surface area contributed by atoms with Crippen LogP contribution in [0.1, 0.15) is 155 Å². The Morgan fingerprint density at radius 1 is 0.849 bits per heavy atom. The van der Waals surface area contributed by atoms with E-state index in [9.17, 15) is 24.2 Å². The fourth-order valence-corrected chi connectivity index (χ4v) is 9.67. The minimum atomic E-state index is -4.81. The number of fused-ring (bicyclic) bond motifs is 1. The number of anilines is 1. The standard InChI is InChI=1S/C36H66ClN5O9P2/c1-3-5-7-9-11-13-15-17-19-21-24-41(25-22-20-18-16-14-12-10-8-6-4-2)32-30-33(40-35(37)39-32)42(28-38-30)34-31(43)36(44,27-50-34)23-26-51-53(48,49)29-52(45,46)47/h28,31,34,43-44H,3-27,29H2,1-2H3,(H,48,49)(H2,45,46,47)/t31?,34-,36?/m1/s1. The lowest BCUT2D eigenvalue weighted by molar-refractivity contribution is -0.0698. The molecule has 53 heavy (non-hydrogen) atoms. The van der Waals surface area contributed by atoms with Crippen molar-refractivity contribution < 1.29 is 43.3 Å². The van der Waals surface area contributed by atoms with Gasteiger partial charge in [-0.05, 0) is 24.4 Å². The number of hydrogen-bond acceptors (Lipinski definition) is 10. The first-order valence-electron chi connectivity index (χ1n) is 20.0. The van der Waals surface area contributed by atoms with Gasteiger partial charge in [0.2, 0.25) is 5.28 Å². The van der Waals surface area contributed by atoms with Crippen molar-refractivity contribution in [3.8, 4) is 0 Å². The quantitative estimate of drug-likeness (QED) is 0.0286. The Morgan fingerprint density at radius 3 is 1.83 bits per heavy atom. The van der Waals surface area contributed by atoms with Crippen LogP contribution in [-0.4, -0.2) is 88.3 Å². The summed E-state index contributed by atoms with van der Waals surface area (Å²) in [6.45, 7) is 5.18. The number of unbranched alkanes of at least 4 members (excludes halogenated alkanes) is 18. The second kappa shape index (κ2) is 23.8. The van der Waals surface area contributed by atoms with E-state index >= 15 is 0 Å². The van der Waals surface area contributed by atoms with E-state index in [1.807, 2.05) is 0 Å². The highest BCUT2D eigenvalue weighted by Gasteiger charge is 2.49. The second-order valence-corrected chi connectivity index (χ2v) is 19.1. The van der Waals surface area contributed by atoms with E-state index in [4.69, 9.17) is 30.6 Å². The van der Waals surface area contributed by atoms with Gasteiger partial charge < -0.3 is 39.1 Å². The number of ether oxygens (including phenoxy) is 1. The summed E-state index contributed by atoms with van der Waals surface area (Å²) in [7, 11) is -9.44. The third-order valence-electron chi connectivity index (χ3n) is 10.0. The Morgan fingerprint density at radius 2 is 1.34 bits per heavy atom. The van der Waals surface area contributed by atoms with Gasteiger partial charge in [0.1, 0.15) is 11.7 Å². The molecular weight excluding hydrogens is 744 g/mol. The van der Waals surface area contributed by atoms with Gasteiger partial charge in [-0.15, -0.1) is 0 Å². The van der Waals surface area contributed by atoms with Crippen molar-refractivity contribution in [2.75, 3.05) is 37.1 Å². The molecule has 4 atom stereocenters. The van der Waals surface area contributed by atoms with Crippen molar-refractivity contribution in [3.63, 3.8) is 0 Å². The predicted molar refractivity (Wildman–Crippen MR) is 209 cm³/mol. The summed E-state index contributed by atoms with van der Waals surface area (Å²) >= 11 is 6.52. The molecule has 1 fully saturated rings. The molecule has 0 aromatic carbocycles. The van der Waals surface area contributed by atoms with Gasteiger partial charge in [-0.3, -0.25) is 13.7 Å². The minimum Gasteiger partial charge on any atom is -0.385 e. The van der Waals surface area contributed by atoms with E-state index < -0.39 is 45.6 Å². The molecule has 1 saturated heterocycles. The Labute approximate surface area is 321 Å². The summed E-state index contributed by atoms with van der Waals surface area (Å²) in [6, 6.07) is 0. The molecule has 2 aromatic rings. The zero-order chi connectivity index (χ0) is 38.7. The summed E-state index contributed by atoms with van der Waals surface area (Å²) in [6.07, 6.45) is 23.3. The molecule has 3 unspecified atom stereocenters. The van der Waals surface area contributed by atoms with Crippen molar-refractivity contribution in [2.24, 2.45) is 0 Å². The van der Waals surface area contributed by atoms with Crippen LogP contribution < -0.4 is 4.90 Å². The number of nitrogens with zero attached hydrogens (tertiary/aromatic N) is 5. The first kappa shape index (κ1) is 46.2. The summed E-state index contributed by atoms with van der Waals surface area (Å²) in [5.74, 6) is -0.732. The summed E-state index contributed by atoms with van der Waals surface area (Å²) < 4.78 is 35.3. The minimum absolute atomic E-state index is 0.0188. The topological polar surface area (TPSA) is 201 Å². The molecule has 1 aliphatic rings. The number of halogens is 1. The molecule has 3 rings (SSSR count). The molecule has 0 radical (unpaired) electrons. The van der Waals surface area contributed by atoms with Crippen LogP contribution in [-0.2, 0) is 18.4 Å². The van der Waals surface area contributed by atoms with Crippen LogP contribution in [0.25, 0.3) is 11.2 Å². The molecule has 0 saturated carbocycles. The molecule has 17 heteroatoms. The van der Waals surface area contributed by atoms with Gasteiger partial charge in [0.25, 0.3) is 0 Å². The van der Waals surface area contributed by atoms with Gasteiger partial charge in [0.15, 0.2) is 29.1 Å². The normalized spacial score (nSPS) is 20.4. The Bertz CT molecular complexity index is 1410. The summed E-state index contributed by atoms with van der Waals surface area (Å²) in [5, 5.41) is 22.4. The largest absolute Gasteiger partial charge is 0.385 e. The monoisotopic (exact) mass is 809 g/mol. The van der Waals surface area contributed by atoms with Crippen molar-refractivity contribution in [1.29, 1.82) is 0 Å². The Kier molecular flexibility index (Phi) is 20.7. The number of imidazole rings is 1. The van der Waals surface area contributed by atoms with Gasteiger partial charge in [0, 0.05) is 19.5 Å². The van der Waals surface area contributed by atoms with Crippen LogP contribution in [0.3, 0.4) is 0 Å². The van der Waals surface area contributed by atoms with Crippen molar-refractivity contribution >= 4 is 43.8 Å². The third-order valence-corrected chi connectivity index (χ3v) is 13.7. The average Bonchev–Trinajstić information content (AvgIpc) is 3.63. The maximum absolute atomic E-state index is 12.1. The number of aromatic nitrogens is 4. The molecule has 0 spiro atoms. The fourth-order valence-electron chi connectivity index (χ4n) is 6.95. The van der Waals surface area contributed by atoms with Gasteiger partial charge in [-0.1, -0.05) is 129 Å². The maximum Gasteiger partial charge on any atom is 0.340 e. The fraction of sp³-hybridized carbons (Fsp3) is 0.861. The van der Waals surface area contributed by atoms with Crippen LogP contribution in [0.2, 0.25) is 5.28 Å². The average molecular weight is 810 g/mol. The van der Waals surface area contributed by atoms with Crippen LogP contribution >= 0.6 is 26.8 Å². The lowest BCUT2D eigenvalue weighted by Gasteiger charge is -2.27. The number of aliphatic hydroxyl groups excluding tert-OH is 1. The molecule has 0 aliphatic carbocycles.